The molecule has 0 saturated heterocycles. The molecule has 0 spiro atoms. The van der Waals surface area contributed by atoms with Crippen molar-refractivity contribution in [2.24, 2.45) is 0 Å². The van der Waals surface area contributed by atoms with Crippen molar-refractivity contribution in [3.05, 3.63) is 130 Å². The van der Waals surface area contributed by atoms with Crippen molar-refractivity contribution < 1.29 is 14.7 Å². The molecule has 0 heterocycles. The number of carboxylic acid groups (broad SMARTS) is 1. The fourth-order valence-corrected chi connectivity index (χ4v) is 4.74. The zero-order chi connectivity index (χ0) is 29.8. The first kappa shape index (κ1) is 29.5. The van der Waals surface area contributed by atoms with Gasteiger partial charge in [0.2, 0.25) is 0 Å². The number of hydrogen-bond donors (Lipinski definition) is 2. The van der Waals surface area contributed by atoms with Gasteiger partial charge in [0.05, 0.1) is 5.56 Å². The van der Waals surface area contributed by atoms with Crippen molar-refractivity contribution in [3.8, 4) is 11.1 Å². The molecule has 0 aliphatic rings. The van der Waals surface area contributed by atoms with E-state index in [9.17, 15) is 9.59 Å². The monoisotopic (exact) mass is 545 g/mol. The quantitative estimate of drug-likeness (QED) is 0.171. The van der Waals surface area contributed by atoms with E-state index in [1.54, 1.807) is 24.3 Å². The minimum absolute atomic E-state index is 0.0365. The summed E-state index contributed by atoms with van der Waals surface area (Å²) in [6.45, 7) is 13.8. The first-order chi connectivity index (χ1) is 19.3. The molecule has 0 unspecified atom stereocenters. The standard InChI is InChI=1S/C37H39NO3/c1-36(2,3)30-19-17-27(18-20-30)31-22-29(33(39)21-14-25-12-15-28(16-13-25)35(40)41)23-32(37(4,5)6)34(31)38-24-26-10-8-7-9-11-26/h7-23,38H,24H2,1-6H3,(H,40,41)/b21-14+. The number of aromatic carboxylic acids is 1. The maximum absolute atomic E-state index is 13.5. The van der Waals surface area contributed by atoms with Crippen molar-refractivity contribution >= 4 is 23.5 Å². The molecule has 0 bridgehead atoms. The molecule has 0 fully saturated rings. The lowest BCUT2D eigenvalue weighted by Crippen LogP contribution is -2.17. The lowest BCUT2D eigenvalue weighted by molar-refractivity contribution is 0.0696. The lowest BCUT2D eigenvalue weighted by Gasteiger charge is -2.27. The van der Waals surface area contributed by atoms with Crippen LogP contribution in [0.3, 0.4) is 0 Å². The summed E-state index contributed by atoms with van der Waals surface area (Å²) in [5.41, 5.74) is 7.93. The number of hydrogen-bond acceptors (Lipinski definition) is 3. The Balaban J connectivity index is 1.79. The Kier molecular flexibility index (Phi) is 8.63. The van der Waals surface area contributed by atoms with Crippen molar-refractivity contribution in [2.45, 2.75) is 58.9 Å². The second kappa shape index (κ2) is 12.0. The fraction of sp³-hybridized carbons (Fsp3) is 0.243. The van der Waals surface area contributed by atoms with Gasteiger partial charge in [0.1, 0.15) is 0 Å². The summed E-state index contributed by atoms with van der Waals surface area (Å²) in [7, 11) is 0. The van der Waals surface area contributed by atoms with Gasteiger partial charge in [-0.1, -0.05) is 114 Å². The van der Waals surface area contributed by atoms with E-state index in [2.05, 4.69) is 83.3 Å². The molecule has 0 aliphatic carbocycles. The van der Waals surface area contributed by atoms with E-state index in [0.29, 0.717) is 12.1 Å². The van der Waals surface area contributed by atoms with Gasteiger partial charge >= 0.3 is 5.97 Å². The summed E-state index contributed by atoms with van der Waals surface area (Å²) in [5.74, 6) is -1.09. The van der Waals surface area contributed by atoms with Crippen LogP contribution in [0, 0.1) is 0 Å². The van der Waals surface area contributed by atoms with Gasteiger partial charge in [-0.2, -0.15) is 0 Å². The Labute approximate surface area is 243 Å². The summed E-state index contributed by atoms with van der Waals surface area (Å²) in [6.07, 6.45) is 3.28. The molecule has 4 heteroatoms. The van der Waals surface area contributed by atoms with E-state index >= 15 is 0 Å². The number of carbonyl (C=O) groups is 2. The summed E-state index contributed by atoms with van der Waals surface area (Å²) in [5, 5.41) is 12.9. The molecule has 4 aromatic rings. The molecule has 0 radical (unpaired) electrons. The highest BCUT2D eigenvalue weighted by Gasteiger charge is 2.24. The second-order valence-electron chi connectivity index (χ2n) is 12.5. The molecule has 210 valence electrons. The Morgan fingerprint density at radius 2 is 1.39 bits per heavy atom. The number of benzene rings is 4. The number of allylic oxidation sites excluding steroid dienone is 1. The summed E-state index contributed by atoms with van der Waals surface area (Å²) < 4.78 is 0. The van der Waals surface area contributed by atoms with Gasteiger partial charge in [-0.3, -0.25) is 4.79 Å². The third kappa shape index (κ3) is 7.40. The van der Waals surface area contributed by atoms with Gasteiger partial charge in [0, 0.05) is 23.4 Å². The van der Waals surface area contributed by atoms with Crippen LogP contribution in [-0.4, -0.2) is 16.9 Å². The van der Waals surface area contributed by atoms with Gasteiger partial charge in [-0.15, -0.1) is 0 Å². The molecule has 0 aromatic heterocycles. The highest BCUT2D eigenvalue weighted by Crippen LogP contribution is 2.40. The van der Waals surface area contributed by atoms with Crippen molar-refractivity contribution in [1.29, 1.82) is 0 Å². The van der Waals surface area contributed by atoms with Gasteiger partial charge in [-0.25, -0.2) is 4.79 Å². The van der Waals surface area contributed by atoms with E-state index < -0.39 is 5.97 Å². The number of rotatable bonds is 8. The molecule has 0 amide bonds. The molecule has 2 N–H and O–H groups in total. The van der Waals surface area contributed by atoms with Crippen LogP contribution < -0.4 is 5.32 Å². The summed E-state index contributed by atoms with van der Waals surface area (Å²) in [4.78, 5) is 24.7. The van der Waals surface area contributed by atoms with Crippen LogP contribution in [0.2, 0.25) is 0 Å². The maximum atomic E-state index is 13.5. The Morgan fingerprint density at radius 1 is 0.756 bits per heavy atom. The molecule has 0 aliphatic heterocycles. The average molecular weight is 546 g/mol. The molecular weight excluding hydrogens is 506 g/mol. The topological polar surface area (TPSA) is 66.4 Å². The van der Waals surface area contributed by atoms with Gasteiger partial charge in [-0.05, 0) is 69.0 Å². The van der Waals surface area contributed by atoms with Gasteiger partial charge in [0.25, 0.3) is 0 Å². The van der Waals surface area contributed by atoms with Crippen LogP contribution in [0.5, 0.6) is 0 Å². The first-order valence-electron chi connectivity index (χ1n) is 14.0. The highest BCUT2D eigenvalue weighted by molar-refractivity contribution is 6.08. The lowest BCUT2D eigenvalue weighted by atomic mass is 9.81. The summed E-state index contributed by atoms with van der Waals surface area (Å²) >= 11 is 0. The molecule has 0 atom stereocenters. The normalized spacial score (nSPS) is 12.0. The Morgan fingerprint density at radius 3 is 1.95 bits per heavy atom. The number of carboxylic acids is 1. The first-order valence-corrected chi connectivity index (χ1v) is 14.0. The average Bonchev–Trinajstić information content (AvgIpc) is 2.94. The SMILES string of the molecule is CC(C)(C)c1ccc(-c2cc(C(=O)/C=C/c3ccc(C(=O)O)cc3)cc(C(C)(C)C)c2NCc2ccccc2)cc1. The smallest absolute Gasteiger partial charge is 0.335 e. The predicted molar refractivity (Wildman–Crippen MR) is 170 cm³/mol. The highest BCUT2D eigenvalue weighted by atomic mass is 16.4. The molecule has 4 rings (SSSR count). The predicted octanol–water partition coefficient (Wildman–Crippen LogP) is 9.16. The van der Waals surface area contributed by atoms with Crippen LogP contribution >= 0.6 is 0 Å². The van der Waals surface area contributed by atoms with E-state index in [0.717, 1.165) is 27.9 Å². The maximum Gasteiger partial charge on any atom is 0.335 e. The van der Waals surface area contributed by atoms with Gasteiger partial charge < -0.3 is 10.4 Å². The molecule has 4 nitrogen and oxygen atoms in total. The minimum atomic E-state index is -0.977. The zero-order valence-corrected chi connectivity index (χ0v) is 24.8. The number of carbonyl (C=O) groups excluding carboxylic acids is 1. The molecule has 41 heavy (non-hydrogen) atoms. The van der Waals surface area contributed by atoms with E-state index in [4.69, 9.17) is 5.11 Å². The summed E-state index contributed by atoms with van der Waals surface area (Å²) in [6, 6.07) is 29.4. The van der Waals surface area contributed by atoms with Crippen LogP contribution in [0.4, 0.5) is 5.69 Å². The third-order valence-corrected chi connectivity index (χ3v) is 7.19. The van der Waals surface area contributed by atoms with E-state index in [1.165, 1.54) is 23.3 Å². The minimum Gasteiger partial charge on any atom is -0.478 e. The van der Waals surface area contributed by atoms with Crippen molar-refractivity contribution in [2.75, 3.05) is 5.32 Å². The second-order valence-corrected chi connectivity index (χ2v) is 12.5. The Hall–Kier alpha value is -4.44. The fourth-order valence-electron chi connectivity index (χ4n) is 4.74. The van der Waals surface area contributed by atoms with Crippen molar-refractivity contribution in [1.82, 2.24) is 0 Å². The van der Waals surface area contributed by atoms with Crippen LogP contribution in [0.1, 0.15) is 84.5 Å². The number of ketones is 1. The third-order valence-electron chi connectivity index (χ3n) is 7.19. The van der Waals surface area contributed by atoms with Crippen LogP contribution in [0.25, 0.3) is 17.2 Å². The molecule has 0 saturated carbocycles. The number of anilines is 1. The van der Waals surface area contributed by atoms with Crippen LogP contribution in [-0.2, 0) is 17.4 Å². The largest absolute Gasteiger partial charge is 0.478 e. The zero-order valence-electron chi connectivity index (χ0n) is 24.8. The van der Waals surface area contributed by atoms with E-state index in [-0.39, 0.29) is 22.2 Å². The van der Waals surface area contributed by atoms with Crippen molar-refractivity contribution in [3.63, 3.8) is 0 Å². The van der Waals surface area contributed by atoms with Crippen LogP contribution in [0.15, 0.2) is 97.1 Å². The molecular formula is C37H39NO3. The molecule has 4 aromatic carbocycles. The van der Waals surface area contributed by atoms with Gasteiger partial charge in [0.15, 0.2) is 5.78 Å². The number of nitrogens with one attached hydrogen (secondary N) is 1. The van der Waals surface area contributed by atoms with E-state index in [1.807, 2.05) is 30.3 Å². The Bertz CT molecular complexity index is 1550.